The quantitative estimate of drug-likeness (QED) is 0.605. The lowest BCUT2D eigenvalue weighted by Gasteiger charge is -2.02. The summed E-state index contributed by atoms with van der Waals surface area (Å²) in [6, 6.07) is 10.2. The van der Waals surface area contributed by atoms with Gasteiger partial charge in [0, 0.05) is 21.2 Å². The van der Waals surface area contributed by atoms with Crippen LogP contribution in [0, 0.1) is 6.92 Å². The molecule has 3 aromatic rings. The minimum atomic E-state index is 0.541. The van der Waals surface area contributed by atoms with Gasteiger partial charge in [0.2, 0.25) is 0 Å². The second-order valence-corrected chi connectivity index (χ2v) is 6.82. The average molecular weight is 354 g/mol. The Morgan fingerprint density at radius 3 is 2.89 bits per heavy atom. The molecule has 5 heteroatoms. The number of nitrogens with zero attached hydrogens (tertiary/aromatic N) is 2. The predicted molar refractivity (Wildman–Crippen MR) is 84.1 cm³/mol. The number of fused-ring (bicyclic) bond motifs is 1. The molecule has 0 aliphatic heterocycles. The minimum absolute atomic E-state index is 0.541. The van der Waals surface area contributed by atoms with Gasteiger partial charge in [-0.05, 0) is 30.7 Å². The lowest BCUT2D eigenvalue weighted by Crippen LogP contribution is -1.96. The molecule has 0 saturated carbocycles. The summed E-state index contributed by atoms with van der Waals surface area (Å²) in [7, 11) is 0. The van der Waals surface area contributed by atoms with Gasteiger partial charge in [-0.1, -0.05) is 39.7 Å². The first-order valence-electron chi connectivity index (χ1n) is 5.79. The topological polar surface area (TPSA) is 25.8 Å². The minimum Gasteiger partial charge on any atom is -0.222 e. The molecule has 3 rings (SSSR count). The van der Waals surface area contributed by atoms with E-state index in [0.29, 0.717) is 11.6 Å². The highest BCUT2D eigenvalue weighted by Gasteiger charge is 2.09. The Kier molecular flexibility index (Phi) is 3.56. The summed E-state index contributed by atoms with van der Waals surface area (Å²) in [5, 5.41) is 1.49. The summed E-state index contributed by atoms with van der Waals surface area (Å²) in [5.74, 6) is 0.762. The third-order valence-electron chi connectivity index (χ3n) is 2.77. The van der Waals surface area contributed by atoms with Crippen LogP contribution in [0.25, 0.3) is 10.2 Å². The van der Waals surface area contributed by atoms with Gasteiger partial charge in [-0.15, -0.1) is 11.3 Å². The number of hydrogen-bond acceptors (Lipinski definition) is 3. The maximum absolute atomic E-state index is 6.22. The van der Waals surface area contributed by atoms with Crippen LogP contribution in [0.15, 0.2) is 34.8 Å². The average Bonchev–Trinajstić information content (AvgIpc) is 2.70. The molecule has 2 nitrogen and oxygen atoms in total. The van der Waals surface area contributed by atoms with Crippen LogP contribution >= 0.6 is 38.9 Å². The van der Waals surface area contributed by atoms with E-state index in [2.05, 4.69) is 45.0 Å². The second-order valence-electron chi connectivity index (χ2n) is 4.31. The Labute approximate surface area is 128 Å². The van der Waals surface area contributed by atoms with Crippen molar-refractivity contribution in [3.8, 4) is 0 Å². The summed E-state index contributed by atoms with van der Waals surface area (Å²) in [6.07, 6.45) is 0.687. The highest BCUT2D eigenvalue weighted by Crippen LogP contribution is 2.28. The van der Waals surface area contributed by atoms with Crippen LogP contribution in [0.3, 0.4) is 0 Å². The fraction of sp³-hybridized carbons (Fsp3) is 0.143. The van der Waals surface area contributed by atoms with E-state index in [1.807, 2.05) is 18.2 Å². The summed E-state index contributed by atoms with van der Waals surface area (Å²) in [4.78, 5) is 11.1. The summed E-state index contributed by atoms with van der Waals surface area (Å²) in [5.41, 5.74) is 1.16. The Hall–Kier alpha value is -0.970. The standard InChI is InChI=1S/C14H10BrClN2S/c1-8-5-11-13(16)17-12(18-14(11)19-8)7-9-3-2-4-10(15)6-9/h2-6H,7H2,1H3. The highest BCUT2D eigenvalue weighted by molar-refractivity contribution is 9.10. The first-order valence-corrected chi connectivity index (χ1v) is 7.77. The van der Waals surface area contributed by atoms with Gasteiger partial charge in [0.05, 0.1) is 0 Å². The van der Waals surface area contributed by atoms with Crippen LogP contribution in [0.5, 0.6) is 0 Å². The molecule has 0 saturated heterocycles. The predicted octanol–water partition coefficient (Wildman–Crippen LogP) is 5.01. The Morgan fingerprint density at radius 2 is 2.11 bits per heavy atom. The highest BCUT2D eigenvalue weighted by atomic mass is 79.9. The van der Waals surface area contributed by atoms with Gasteiger partial charge in [0.25, 0.3) is 0 Å². The van der Waals surface area contributed by atoms with Crippen molar-refractivity contribution in [1.82, 2.24) is 9.97 Å². The maximum atomic E-state index is 6.22. The Bertz CT molecular complexity index is 754. The van der Waals surface area contributed by atoms with Crippen LogP contribution in [-0.2, 0) is 6.42 Å². The van der Waals surface area contributed by atoms with E-state index in [-0.39, 0.29) is 0 Å². The number of halogens is 2. The molecular formula is C14H10BrClN2S. The number of benzene rings is 1. The molecule has 19 heavy (non-hydrogen) atoms. The van der Waals surface area contributed by atoms with Crippen molar-refractivity contribution in [2.75, 3.05) is 0 Å². The molecule has 0 N–H and O–H groups in total. The molecule has 0 bridgehead atoms. The molecule has 1 aromatic carbocycles. The van der Waals surface area contributed by atoms with E-state index in [1.54, 1.807) is 11.3 Å². The van der Waals surface area contributed by atoms with Crippen molar-refractivity contribution in [3.63, 3.8) is 0 Å². The zero-order chi connectivity index (χ0) is 13.4. The van der Waals surface area contributed by atoms with E-state index in [9.17, 15) is 0 Å². The second kappa shape index (κ2) is 5.19. The lowest BCUT2D eigenvalue weighted by molar-refractivity contribution is 0.996. The zero-order valence-corrected chi connectivity index (χ0v) is 13.3. The van der Waals surface area contributed by atoms with E-state index < -0.39 is 0 Å². The molecule has 2 heterocycles. The number of thiophene rings is 1. The molecule has 0 aliphatic carbocycles. The van der Waals surface area contributed by atoms with Crippen LogP contribution in [0.2, 0.25) is 5.15 Å². The van der Waals surface area contributed by atoms with E-state index in [0.717, 1.165) is 26.1 Å². The van der Waals surface area contributed by atoms with Crippen molar-refractivity contribution in [2.24, 2.45) is 0 Å². The van der Waals surface area contributed by atoms with Crippen LogP contribution in [-0.4, -0.2) is 9.97 Å². The summed E-state index contributed by atoms with van der Waals surface area (Å²) >= 11 is 11.3. The van der Waals surface area contributed by atoms with E-state index in [4.69, 9.17) is 11.6 Å². The SMILES string of the molecule is Cc1cc2c(Cl)nc(Cc3cccc(Br)c3)nc2s1. The van der Waals surface area contributed by atoms with Gasteiger partial charge >= 0.3 is 0 Å². The fourth-order valence-electron chi connectivity index (χ4n) is 1.96. The maximum Gasteiger partial charge on any atom is 0.141 e. The zero-order valence-electron chi connectivity index (χ0n) is 10.2. The molecule has 2 aromatic heterocycles. The van der Waals surface area contributed by atoms with Crippen LogP contribution in [0.4, 0.5) is 0 Å². The van der Waals surface area contributed by atoms with Gasteiger partial charge < -0.3 is 0 Å². The molecule has 0 amide bonds. The van der Waals surface area contributed by atoms with Crippen molar-refractivity contribution >= 4 is 49.1 Å². The molecular weight excluding hydrogens is 344 g/mol. The molecule has 0 aliphatic rings. The van der Waals surface area contributed by atoms with Gasteiger partial charge in [-0.3, -0.25) is 0 Å². The lowest BCUT2D eigenvalue weighted by atomic mass is 10.1. The summed E-state index contributed by atoms with van der Waals surface area (Å²) < 4.78 is 1.06. The number of hydrogen-bond donors (Lipinski definition) is 0. The van der Waals surface area contributed by atoms with Crippen LogP contribution < -0.4 is 0 Å². The van der Waals surface area contributed by atoms with Gasteiger partial charge in [0.15, 0.2) is 0 Å². The third kappa shape index (κ3) is 2.81. The van der Waals surface area contributed by atoms with Crippen LogP contribution in [0.1, 0.15) is 16.3 Å². The Balaban J connectivity index is 2.01. The molecule has 0 fully saturated rings. The monoisotopic (exact) mass is 352 g/mol. The molecule has 96 valence electrons. The van der Waals surface area contributed by atoms with Gasteiger partial charge in [0.1, 0.15) is 15.8 Å². The van der Waals surface area contributed by atoms with Crippen molar-refractivity contribution in [3.05, 3.63) is 56.2 Å². The van der Waals surface area contributed by atoms with Gasteiger partial charge in [-0.25, -0.2) is 9.97 Å². The molecule has 0 atom stereocenters. The number of rotatable bonds is 2. The molecule has 0 unspecified atom stereocenters. The Morgan fingerprint density at radius 1 is 1.26 bits per heavy atom. The summed E-state index contributed by atoms with van der Waals surface area (Å²) in [6.45, 7) is 2.05. The smallest absolute Gasteiger partial charge is 0.141 e. The molecule has 0 spiro atoms. The van der Waals surface area contributed by atoms with E-state index >= 15 is 0 Å². The third-order valence-corrected chi connectivity index (χ3v) is 4.49. The van der Waals surface area contributed by atoms with Crippen molar-refractivity contribution in [1.29, 1.82) is 0 Å². The number of aryl methyl sites for hydroxylation is 1. The van der Waals surface area contributed by atoms with Crippen molar-refractivity contribution in [2.45, 2.75) is 13.3 Å². The number of aromatic nitrogens is 2. The fourth-order valence-corrected chi connectivity index (χ4v) is 3.60. The van der Waals surface area contributed by atoms with E-state index in [1.165, 1.54) is 4.88 Å². The van der Waals surface area contributed by atoms with Gasteiger partial charge in [-0.2, -0.15) is 0 Å². The normalized spacial score (nSPS) is 11.1. The first kappa shape index (κ1) is 13.0. The molecule has 0 radical (unpaired) electrons. The van der Waals surface area contributed by atoms with Crippen molar-refractivity contribution < 1.29 is 0 Å². The first-order chi connectivity index (χ1) is 9.11. The largest absolute Gasteiger partial charge is 0.222 e.